The maximum atomic E-state index is 13.9. The number of nitrogens with zero attached hydrogens (tertiary/aromatic N) is 5. The Hall–Kier alpha value is -2.92. The zero-order valence-corrected chi connectivity index (χ0v) is 25.6. The second kappa shape index (κ2) is 12.0. The molecule has 2 aromatic heterocycles. The summed E-state index contributed by atoms with van der Waals surface area (Å²) < 4.78 is 37.2. The summed E-state index contributed by atoms with van der Waals surface area (Å²) in [6.45, 7) is 6.11. The van der Waals surface area contributed by atoms with E-state index < -0.39 is 16.1 Å². The first-order valence-electron chi connectivity index (χ1n) is 14.7. The first-order chi connectivity index (χ1) is 20.3. The Morgan fingerprint density at radius 2 is 1.69 bits per heavy atom. The van der Waals surface area contributed by atoms with Crippen LogP contribution < -0.4 is 4.90 Å². The van der Waals surface area contributed by atoms with Crippen LogP contribution in [-0.4, -0.2) is 79.0 Å². The van der Waals surface area contributed by atoms with Crippen molar-refractivity contribution in [2.45, 2.75) is 50.1 Å². The van der Waals surface area contributed by atoms with Crippen molar-refractivity contribution in [1.29, 1.82) is 0 Å². The number of piperidine rings is 2. The monoisotopic (exact) mass is 611 g/mol. The highest BCUT2D eigenvalue weighted by Crippen LogP contribution is 2.42. The lowest BCUT2D eigenvalue weighted by atomic mass is 9.71. The summed E-state index contributed by atoms with van der Waals surface area (Å²) in [4.78, 5) is 21.8. The van der Waals surface area contributed by atoms with Gasteiger partial charge in [0.25, 0.3) is 0 Å². The first-order valence-corrected chi connectivity index (χ1v) is 16.5. The van der Waals surface area contributed by atoms with Gasteiger partial charge in [0.15, 0.2) is 0 Å². The highest BCUT2D eigenvalue weighted by Gasteiger charge is 2.40. The molecule has 1 aromatic carbocycles. The average molecular weight is 612 g/mol. The molecule has 11 heteroatoms. The number of likely N-dealkylation sites (tertiary alicyclic amines) is 1. The number of aromatic nitrogens is 2. The molecule has 3 aromatic rings. The van der Waals surface area contributed by atoms with Crippen LogP contribution >= 0.6 is 11.6 Å². The molecule has 9 nitrogen and oxygen atoms in total. The number of carbonyl (C=O) groups is 1. The number of anilines is 1. The van der Waals surface area contributed by atoms with Crippen LogP contribution in [0.3, 0.4) is 0 Å². The van der Waals surface area contributed by atoms with Gasteiger partial charge in [-0.25, -0.2) is 8.42 Å². The minimum Gasteiger partial charge on any atom is -0.371 e. The van der Waals surface area contributed by atoms with Gasteiger partial charge < -0.3 is 19.1 Å². The second-order valence-corrected chi connectivity index (χ2v) is 14.0. The third kappa shape index (κ3) is 5.69. The van der Waals surface area contributed by atoms with Crippen LogP contribution in [0.15, 0.2) is 66.0 Å². The molecule has 0 aliphatic carbocycles. The lowest BCUT2D eigenvalue weighted by Crippen LogP contribution is -2.49. The highest BCUT2D eigenvalue weighted by molar-refractivity contribution is 7.89. The van der Waals surface area contributed by atoms with Crippen molar-refractivity contribution < 1.29 is 17.9 Å². The lowest BCUT2D eigenvalue weighted by Gasteiger charge is -2.47. The zero-order valence-electron chi connectivity index (χ0n) is 24.0. The van der Waals surface area contributed by atoms with E-state index in [1.165, 1.54) is 9.99 Å². The number of sulfonamides is 1. The molecule has 5 heterocycles. The Balaban J connectivity index is 1.06. The molecule has 1 spiro atoms. The van der Waals surface area contributed by atoms with Gasteiger partial charge in [-0.3, -0.25) is 9.78 Å². The zero-order chi connectivity index (χ0) is 29.3. The molecule has 0 saturated carbocycles. The fourth-order valence-corrected chi connectivity index (χ4v) is 9.20. The maximum Gasteiger partial charge on any atom is 0.248 e. The summed E-state index contributed by atoms with van der Waals surface area (Å²) in [7, 11) is -3.90. The van der Waals surface area contributed by atoms with Crippen LogP contribution in [0.25, 0.3) is 0 Å². The average Bonchev–Trinajstić information content (AvgIpc) is 3.48. The molecule has 2 fully saturated rings. The van der Waals surface area contributed by atoms with Crippen molar-refractivity contribution in [2.75, 3.05) is 50.8 Å². The lowest BCUT2D eigenvalue weighted by molar-refractivity contribution is -0.139. The third-order valence-electron chi connectivity index (χ3n) is 9.38. The highest BCUT2D eigenvalue weighted by atomic mass is 35.5. The fourth-order valence-electron chi connectivity index (χ4n) is 6.83. The molecule has 224 valence electrons. The molecule has 0 bridgehead atoms. The summed E-state index contributed by atoms with van der Waals surface area (Å²) in [6.07, 6.45) is 9.89. The first kappa shape index (κ1) is 29.2. The molecule has 1 unspecified atom stereocenters. The van der Waals surface area contributed by atoms with Crippen LogP contribution in [-0.2, 0) is 26.1 Å². The molecule has 0 radical (unpaired) electrons. The normalized spacial score (nSPS) is 21.0. The van der Waals surface area contributed by atoms with E-state index in [0.29, 0.717) is 24.1 Å². The molecular formula is C31H38ClN5O4S. The van der Waals surface area contributed by atoms with Crippen LogP contribution in [0.5, 0.6) is 0 Å². The number of hydrogen-bond donors (Lipinski definition) is 0. The quantitative estimate of drug-likeness (QED) is 0.391. The Morgan fingerprint density at radius 1 is 0.976 bits per heavy atom. The summed E-state index contributed by atoms with van der Waals surface area (Å²) >= 11 is 6.38. The van der Waals surface area contributed by atoms with Crippen molar-refractivity contribution in [3.05, 3.63) is 77.3 Å². The van der Waals surface area contributed by atoms with Crippen LogP contribution in [0.2, 0.25) is 5.02 Å². The van der Waals surface area contributed by atoms with Gasteiger partial charge in [-0.2, -0.15) is 4.31 Å². The number of aryl methyl sites for hydroxylation is 1. The van der Waals surface area contributed by atoms with Gasteiger partial charge in [0.1, 0.15) is 11.5 Å². The standard InChI is InChI=1S/C31H38ClN5O4S/c1-24-4-2-5-26(32)30(24)42(39,40)37-21-20-35-15-3-6-27(35)28(37)22-41-23-29(38)36-18-11-31(12-19-36)9-16-34(17-10-31)25-7-13-33-14-8-25/h2-8,13-15,28H,9-12,16-23H2,1H3. The van der Waals surface area contributed by atoms with E-state index in [2.05, 4.69) is 22.0 Å². The van der Waals surface area contributed by atoms with Gasteiger partial charge in [0.2, 0.25) is 15.9 Å². The fraction of sp³-hybridized carbons (Fsp3) is 0.484. The predicted octanol–water partition coefficient (Wildman–Crippen LogP) is 4.52. The number of halogens is 1. The van der Waals surface area contributed by atoms with Crippen molar-refractivity contribution in [2.24, 2.45) is 5.41 Å². The predicted molar refractivity (Wildman–Crippen MR) is 162 cm³/mol. The minimum absolute atomic E-state index is 0.0402. The summed E-state index contributed by atoms with van der Waals surface area (Å²) in [5, 5.41) is 0.205. The Morgan fingerprint density at radius 3 is 2.40 bits per heavy atom. The maximum absolute atomic E-state index is 13.9. The largest absolute Gasteiger partial charge is 0.371 e. The molecular weight excluding hydrogens is 574 g/mol. The molecule has 3 aliphatic heterocycles. The number of benzene rings is 1. The van der Waals surface area contributed by atoms with Gasteiger partial charge in [-0.15, -0.1) is 0 Å². The van der Waals surface area contributed by atoms with E-state index in [0.717, 1.165) is 57.6 Å². The summed E-state index contributed by atoms with van der Waals surface area (Å²) in [5.41, 5.74) is 2.97. The van der Waals surface area contributed by atoms with E-state index >= 15 is 0 Å². The molecule has 1 amide bonds. The molecule has 42 heavy (non-hydrogen) atoms. The van der Waals surface area contributed by atoms with Gasteiger partial charge in [-0.1, -0.05) is 23.7 Å². The topological polar surface area (TPSA) is 88.0 Å². The minimum atomic E-state index is -3.90. The Bertz CT molecular complexity index is 1490. The van der Waals surface area contributed by atoms with Gasteiger partial charge in [0.05, 0.1) is 17.7 Å². The molecule has 3 aliphatic rings. The van der Waals surface area contributed by atoms with E-state index in [-0.39, 0.29) is 29.0 Å². The third-order valence-corrected chi connectivity index (χ3v) is 11.9. The van der Waals surface area contributed by atoms with Crippen molar-refractivity contribution in [1.82, 2.24) is 18.8 Å². The Labute approximate surface area is 253 Å². The molecule has 0 N–H and O–H groups in total. The number of amides is 1. The smallest absolute Gasteiger partial charge is 0.248 e. The van der Waals surface area contributed by atoms with E-state index in [1.807, 2.05) is 40.2 Å². The van der Waals surface area contributed by atoms with Crippen LogP contribution in [0.1, 0.15) is 43.0 Å². The number of carbonyl (C=O) groups excluding carboxylic acids is 1. The van der Waals surface area contributed by atoms with Crippen molar-refractivity contribution in [3.8, 4) is 0 Å². The SMILES string of the molecule is Cc1cccc(Cl)c1S(=O)(=O)N1CCn2cccc2C1COCC(=O)N1CCC2(CC1)CCN(c1ccncc1)CC2. The van der Waals surface area contributed by atoms with Crippen molar-refractivity contribution >= 4 is 33.2 Å². The number of fused-ring (bicyclic) bond motifs is 1. The van der Waals surface area contributed by atoms with E-state index in [9.17, 15) is 13.2 Å². The molecule has 2 saturated heterocycles. The number of pyridine rings is 1. The molecule has 6 rings (SSSR count). The van der Waals surface area contributed by atoms with E-state index in [4.69, 9.17) is 16.3 Å². The van der Waals surface area contributed by atoms with Gasteiger partial charge in [0, 0.05) is 69.2 Å². The molecule has 1 atom stereocenters. The second-order valence-electron chi connectivity index (χ2n) is 11.7. The van der Waals surface area contributed by atoms with Gasteiger partial charge in [-0.05, 0) is 73.9 Å². The van der Waals surface area contributed by atoms with Crippen molar-refractivity contribution in [3.63, 3.8) is 0 Å². The number of ether oxygens (including phenoxy) is 1. The summed E-state index contributed by atoms with van der Waals surface area (Å²) in [6, 6.07) is 12.5. The Kier molecular flexibility index (Phi) is 8.33. The van der Waals surface area contributed by atoms with Crippen LogP contribution in [0.4, 0.5) is 5.69 Å². The number of rotatable bonds is 7. The summed E-state index contributed by atoms with van der Waals surface area (Å²) in [5.74, 6) is -0.0402. The number of hydrogen-bond acceptors (Lipinski definition) is 6. The van der Waals surface area contributed by atoms with Gasteiger partial charge >= 0.3 is 0 Å². The van der Waals surface area contributed by atoms with E-state index in [1.54, 1.807) is 25.1 Å². The van der Waals surface area contributed by atoms with Crippen LogP contribution in [0, 0.1) is 12.3 Å².